The van der Waals surface area contributed by atoms with Crippen molar-refractivity contribution in [3.8, 4) is 0 Å². The summed E-state index contributed by atoms with van der Waals surface area (Å²) >= 11 is 0. The van der Waals surface area contributed by atoms with Crippen molar-refractivity contribution in [2.75, 3.05) is 45.8 Å². The summed E-state index contributed by atoms with van der Waals surface area (Å²) in [6.45, 7) is 3.34. The number of aliphatic imine (C=N–C) groups is 2. The van der Waals surface area contributed by atoms with Gasteiger partial charge >= 0.3 is 0 Å². The molecule has 0 saturated carbocycles. The highest BCUT2D eigenvalue weighted by molar-refractivity contribution is 5.99. The molecular weight excluding hydrogens is 1230 g/mol. The molecule has 0 spiro atoms. The Hall–Kier alpha value is -9.54. The highest BCUT2D eigenvalue weighted by atomic mass is 16.3. The SMILES string of the molecule is C[C@H](NC(=O)CNC(=O)[C@@H](NC(=O)[C@H](Cc1ccccc1)NC(=O)CNC(=O)[C@@H](N)Cc1ccccc1)[C@@H](C)O)C(=O)N[C@@H](CCCN=C(N)N)C(=O)N[C@@H](CCCCN)C(=O)N1CCC[C@H]1C(=O)N[C@@H](C)C(=O)N[C@@H](CCCN=C(N)N)C(=O)N[C@@H](CCCCN)C(N)=O. The molecule has 0 unspecified atom stereocenters. The Labute approximate surface area is 552 Å². The van der Waals surface area contributed by atoms with Crippen LogP contribution < -0.4 is 99.0 Å². The maximum atomic E-state index is 14.5. The van der Waals surface area contributed by atoms with Gasteiger partial charge in [-0.25, -0.2) is 0 Å². The molecule has 12 amide bonds. The molecule has 1 heterocycles. The van der Waals surface area contributed by atoms with Crippen molar-refractivity contribution >= 4 is 82.8 Å². The number of nitrogens with zero attached hydrogens (tertiary/aromatic N) is 3. The van der Waals surface area contributed by atoms with Crippen molar-refractivity contribution in [2.24, 2.45) is 55.9 Å². The minimum atomic E-state index is -1.67. The maximum absolute atomic E-state index is 14.5. The van der Waals surface area contributed by atoms with E-state index in [1.165, 1.54) is 25.7 Å². The second-order valence-electron chi connectivity index (χ2n) is 23.1. The van der Waals surface area contributed by atoms with Gasteiger partial charge in [0, 0.05) is 26.1 Å². The first kappa shape index (κ1) is 79.7. The number of rotatable bonds is 43. The summed E-state index contributed by atoms with van der Waals surface area (Å²) in [6, 6.07) is 4.88. The van der Waals surface area contributed by atoms with Gasteiger partial charge in [-0.05, 0) is 128 Å². The van der Waals surface area contributed by atoms with E-state index in [9.17, 15) is 62.6 Å². The summed E-state index contributed by atoms with van der Waals surface area (Å²) in [4.78, 5) is 172. The third-order valence-electron chi connectivity index (χ3n) is 15.2. The first-order valence-corrected chi connectivity index (χ1v) is 31.7. The standard InChI is InChI=1S/C61H99N21O13/c1-35(74-47(84)33-73-58(94)49(37(3)83)81-56(92)45(32-39-19-8-5-9-20-39)76-48(85)34-72-53(89)40(64)31-38-17-6-4-7-18-38)51(87)78-43(24-15-29-71-61(68)69)55(91)80-44(22-11-13-27-63)59(95)82-30-16-25-46(82)57(93)75-36(2)52(88)79-42(23-14-28-70-60(66)67)54(90)77-41(50(65)86)21-10-12-26-62/h4-9,17-20,35-37,40-46,49,83H,10-16,21-34,62-64H2,1-3H3,(H2,65,86)(H,72,89)(H,73,94)(H,74,84)(H,75,93)(H,76,85)(H,77,90)(H,78,87)(H,79,88)(H,80,91)(H,81,92)(H4,66,67,70)(H4,68,69,71)/t35-,36-,37+,40-,41-,42-,43-,44-,45-,46-,49-/m0/s1. The Balaban J connectivity index is 1.71. The lowest BCUT2D eigenvalue weighted by Crippen LogP contribution is -2.60. The van der Waals surface area contributed by atoms with E-state index in [1.54, 1.807) is 54.6 Å². The first-order valence-electron chi connectivity index (χ1n) is 31.7. The molecule has 34 nitrogen and oxygen atoms in total. The lowest BCUT2D eigenvalue weighted by Gasteiger charge is -2.30. The monoisotopic (exact) mass is 1330 g/mol. The van der Waals surface area contributed by atoms with Crippen LogP contribution in [0.3, 0.4) is 0 Å². The number of carbonyl (C=O) groups is 12. The number of nitrogens with two attached hydrogens (primary N) is 8. The quantitative estimate of drug-likeness (QED) is 0.0167. The highest BCUT2D eigenvalue weighted by Crippen LogP contribution is 2.21. The van der Waals surface area contributed by atoms with E-state index in [2.05, 4.69) is 63.2 Å². The second kappa shape index (κ2) is 42.6. The van der Waals surface area contributed by atoms with E-state index in [0.717, 1.165) is 5.56 Å². The molecular formula is C61H99N21O13. The van der Waals surface area contributed by atoms with Crippen molar-refractivity contribution < 1.29 is 62.6 Å². The fourth-order valence-corrected chi connectivity index (χ4v) is 9.95. The minimum absolute atomic E-state index is 0.0190. The average Bonchev–Trinajstić information content (AvgIpc) is 1.78. The smallest absolute Gasteiger partial charge is 0.245 e. The zero-order valence-corrected chi connectivity index (χ0v) is 54.3. The van der Waals surface area contributed by atoms with Gasteiger partial charge in [0.05, 0.1) is 25.2 Å². The van der Waals surface area contributed by atoms with Crippen LogP contribution in [0, 0.1) is 0 Å². The number of benzene rings is 2. The summed E-state index contributed by atoms with van der Waals surface area (Å²) < 4.78 is 0. The number of aliphatic hydroxyl groups is 1. The summed E-state index contributed by atoms with van der Waals surface area (Å²) in [6.07, 6.45) is 1.48. The molecule has 34 heteroatoms. The largest absolute Gasteiger partial charge is 0.391 e. The molecule has 2 aromatic carbocycles. The number of hydrogen-bond acceptors (Lipinski definition) is 18. The van der Waals surface area contributed by atoms with Gasteiger partial charge in [-0.3, -0.25) is 67.5 Å². The van der Waals surface area contributed by atoms with E-state index in [4.69, 9.17) is 45.9 Å². The zero-order chi connectivity index (χ0) is 70.6. The highest BCUT2D eigenvalue weighted by Gasteiger charge is 2.40. The van der Waals surface area contributed by atoms with Crippen molar-refractivity contribution in [3.05, 3.63) is 71.8 Å². The molecule has 27 N–H and O–H groups in total. The second-order valence-corrected chi connectivity index (χ2v) is 23.1. The van der Waals surface area contributed by atoms with E-state index >= 15 is 0 Å². The van der Waals surface area contributed by atoms with Gasteiger partial charge in [-0.15, -0.1) is 0 Å². The predicted molar refractivity (Wildman–Crippen MR) is 352 cm³/mol. The molecule has 3 rings (SSSR count). The summed E-state index contributed by atoms with van der Waals surface area (Å²) in [5, 5.41) is 36.0. The van der Waals surface area contributed by atoms with Crippen molar-refractivity contribution in [3.63, 3.8) is 0 Å². The van der Waals surface area contributed by atoms with Gasteiger partial charge in [-0.2, -0.15) is 0 Å². The van der Waals surface area contributed by atoms with Gasteiger partial charge in [0.25, 0.3) is 0 Å². The Bertz CT molecular complexity index is 2920. The van der Waals surface area contributed by atoms with Crippen molar-refractivity contribution in [1.29, 1.82) is 0 Å². The molecule has 1 aliphatic rings. The number of unbranched alkanes of at least 4 members (excludes halogenated alkanes) is 2. The number of aliphatic hydroxyl groups excluding tert-OH is 1. The number of guanidine groups is 2. The molecule has 0 bridgehead atoms. The molecule has 1 saturated heterocycles. The molecule has 1 fully saturated rings. The molecule has 526 valence electrons. The van der Waals surface area contributed by atoms with Gasteiger partial charge < -0.3 is 109 Å². The van der Waals surface area contributed by atoms with Crippen LogP contribution in [-0.4, -0.2) is 205 Å². The number of amides is 12. The molecule has 95 heavy (non-hydrogen) atoms. The maximum Gasteiger partial charge on any atom is 0.245 e. The lowest BCUT2D eigenvalue weighted by molar-refractivity contribution is -0.142. The number of likely N-dealkylation sites (tertiary alicyclic amines) is 1. The summed E-state index contributed by atoms with van der Waals surface area (Å²) in [5.41, 5.74) is 46.4. The molecule has 11 atom stereocenters. The van der Waals surface area contributed by atoms with E-state index in [-0.39, 0.29) is 95.9 Å². The molecule has 1 aliphatic heterocycles. The van der Waals surface area contributed by atoms with Crippen LogP contribution >= 0.6 is 0 Å². The predicted octanol–water partition coefficient (Wildman–Crippen LogP) is -6.83. The molecule has 0 aliphatic carbocycles. The van der Waals surface area contributed by atoms with Crippen LogP contribution in [0.5, 0.6) is 0 Å². The topological polar surface area (TPSA) is 581 Å². The van der Waals surface area contributed by atoms with Gasteiger partial charge in [0.2, 0.25) is 70.9 Å². The molecule has 2 aromatic rings. The van der Waals surface area contributed by atoms with Gasteiger partial charge in [0.1, 0.15) is 54.4 Å². The third-order valence-corrected chi connectivity index (χ3v) is 15.2. The average molecular weight is 1330 g/mol. The van der Waals surface area contributed by atoms with Crippen LogP contribution in [0.1, 0.15) is 109 Å². The first-order chi connectivity index (χ1) is 45.1. The Morgan fingerprint density at radius 2 is 0.947 bits per heavy atom. The number of primary amides is 1. The van der Waals surface area contributed by atoms with Crippen LogP contribution in [-0.2, 0) is 70.4 Å². The minimum Gasteiger partial charge on any atom is -0.391 e. The number of hydrogen-bond donors (Lipinski definition) is 19. The Morgan fingerprint density at radius 3 is 1.44 bits per heavy atom. The fourth-order valence-electron chi connectivity index (χ4n) is 9.95. The number of nitrogens with one attached hydrogen (secondary N) is 10. The van der Waals surface area contributed by atoms with Gasteiger partial charge in [-0.1, -0.05) is 60.7 Å². The summed E-state index contributed by atoms with van der Waals surface area (Å²) in [7, 11) is 0. The molecule has 0 aromatic heterocycles. The lowest BCUT2D eigenvalue weighted by atomic mass is 10.0. The van der Waals surface area contributed by atoms with Crippen LogP contribution in [0.25, 0.3) is 0 Å². The number of carbonyl (C=O) groups excluding carboxylic acids is 12. The van der Waals surface area contributed by atoms with Crippen LogP contribution in [0.15, 0.2) is 70.6 Å². The van der Waals surface area contributed by atoms with E-state index in [0.29, 0.717) is 44.2 Å². The van der Waals surface area contributed by atoms with Gasteiger partial charge in [0.15, 0.2) is 11.9 Å². The van der Waals surface area contributed by atoms with Crippen molar-refractivity contribution in [2.45, 2.75) is 177 Å². The Kier molecular flexibility index (Phi) is 35.8. The van der Waals surface area contributed by atoms with E-state index in [1.807, 2.05) is 6.07 Å². The molecule has 0 radical (unpaired) electrons. The van der Waals surface area contributed by atoms with Crippen LogP contribution in [0.4, 0.5) is 0 Å². The van der Waals surface area contributed by atoms with Crippen LogP contribution in [0.2, 0.25) is 0 Å². The Morgan fingerprint density at radius 1 is 0.505 bits per heavy atom. The van der Waals surface area contributed by atoms with E-state index < -0.39 is 150 Å². The normalized spacial score (nSPS) is 15.7. The third kappa shape index (κ3) is 30.0. The fraction of sp³-hybridized carbons (Fsp3) is 0.574. The van der Waals surface area contributed by atoms with Crippen molar-refractivity contribution in [1.82, 2.24) is 58.1 Å². The zero-order valence-electron chi connectivity index (χ0n) is 54.3. The summed E-state index contributed by atoms with van der Waals surface area (Å²) in [5.74, 6) is -10.0.